The summed E-state index contributed by atoms with van der Waals surface area (Å²) in [5.74, 6) is 1.56. The van der Waals surface area contributed by atoms with E-state index in [2.05, 4.69) is 6.92 Å². The molecule has 0 amide bonds. The predicted molar refractivity (Wildman–Crippen MR) is 67.5 cm³/mol. The van der Waals surface area contributed by atoms with Crippen LogP contribution < -0.4 is 5.23 Å². The van der Waals surface area contributed by atoms with Crippen molar-refractivity contribution in [2.24, 2.45) is 5.92 Å². The SMILES string of the molecule is CCC1CCC(c2ccc(N(O)O)cc2)CC1. The summed E-state index contributed by atoms with van der Waals surface area (Å²) in [4.78, 5) is 0. The highest BCUT2D eigenvalue weighted by Gasteiger charge is 2.21. The van der Waals surface area contributed by atoms with Crippen molar-refractivity contribution in [2.75, 3.05) is 5.23 Å². The van der Waals surface area contributed by atoms with Crippen molar-refractivity contribution in [3.63, 3.8) is 0 Å². The molecule has 2 N–H and O–H groups in total. The first-order chi connectivity index (χ1) is 8.20. The Bertz CT molecular complexity index is 340. The minimum Gasteiger partial charge on any atom is -0.264 e. The van der Waals surface area contributed by atoms with Gasteiger partial charge in [-0.15, -0.1) is 5.23 Å². The summed E-state index contributed by atoms with van der Waals surface area (Å²) >= 11 is 0. The van der Waals surface area contributed by atoms with E-state index in [1.165, 1.54) is 37.7 Å². The van der Waals surface area contributed by atoms with E-state index < -0.39 is 0 Å². The van der Waals surface area contributed by atoms with Gasteiger partial charge in [-0.05, 0) is 55.2 Å². The van der Waals surface area contributed by atoms with Gasteiger partial charge in [-0.25, -0.2) is 0 Å². The molecule has 0 radical (unpaired) electrons. The average molecular weight is 235 g/mol. The zero-order chi connectivity index (χ0) is 12.3. The van der Waals surface area contributed by atoms with Crippen molar-refractivity contribution in [1.29, 1.82) is 0 Å². The third-order valence-corrected chi connectivity index (χ3v) is 4.02. The fourth-order valence-corrected chi connectivity index (χ4v) is 2.78. The Labute approximate surface area is 103 Å². The van der Waals surface area contributed by atoms with Crippen molar-refractivity contribution in [3.05, 3.63) is 29.8 Å². The van der Waals surface area contributed by atoms with Crippen LogP contribution in [0.5, 0.6) is 0 Å². The van der Waals surface area contributed by atoms with Gasteiger partial charge >= 0.3 is 0 Å². The Morgan fingerprint density at radius 1 is 1.06 bits per heavy atom. The van der Waals surface area contributed by atoms with Gasteiger partial charge in [0.2, 0.25) is 0 Å². The highest BCUT2D eigenvalue weighted by Crippen LogP contribution is 2.37. The molecule has 0 atom stereocenters. The monoisotopic (exact) mass is 235 g/mol. The van der Waals surface area contributed by atoms with E-state index in [1.54, 1.807) is 12.1 Å². The molecule has 17 heavy (non-hydrogen) atoms. The molecular weight excluding hydrogens is 214 g/mol. The summed E-state index contributed by atoms with van der Waals surface area (Å²) in [6.45, 7) is 2.27. The molecule has 0 spiro atoms. The van der Waals surface area contributed by atoms with E-state index in [9.17, 15) is 0 Å². The third kappa shape index (κ3) is 2.99. The molecule has 1 saturated carbocycles. The van der Waals surface area contributed by atoms with Crippen LogP contribution >= 0.6 is 0 Å². The largest absolute Gasteiger partial charge is 0.264 e. The Morgan fingerprint density at radius 2 is 1.65 bits per heavy atom. The average Bonchev–Trinajstić information content (AvgIpc) is 2.39. The van der Waals surface area contributed by atoms with Crippen LogP contribution in [0.3, 0.4) is 0 Å². The summed E-state index contributed by atoms with van der Waals surface area (Å²) in [5, 5.41) is 17.9. The maximum Gasteiger partial charge on any atom is 0.0942 e. The third-order valence-electron chi connectivity index (χ3n) is 4.02. The van der Waals surface area contributed by atoms with Gasteiger partial charge in [0.15, 0.2) is 0 Å². The van der Waals surface area contributed by atoms with E-state index in [-0.39, 0.29) is 5.23 Å². The topological polar surface area (TPSA) is 43.7 Å². The number of benzene rings is 1. The molecule has 3 heteroatoms. The Morgan fingerprint density at radius 3 is 2.12 bits per heavy atom. The second-order valence-electron chi connectivity index (χ2n) is 5.01. The van der Waals surface area contributed by atoms with Crippen LogP contribution in [0, 0.1) is 5.92 Å². The fraction of sp³-hybridized carbons (Fsp3) is 0.571. The van der Waals surface area contributed by atoms with E-state index in [4.69, 9.17) is 10.4 Å². The predicted octanol–water partition coefficient (Wildman–Crippen LogP) is 3.96. The van der Waals surface area contributed by atoms with E-state index in [0.717, 1.165) is 5.92 Å². The van der Waals surface area contributed by atoms with Crippen LogP contribution in [0.2, 0.25) is 0 Å². The van der Waals surface area contributed by atoms with Gasteiger partial charge in [0.1, 0.15) is 0 Å². The Hall–Kier alpha value is -1.06. The molecule has 2 rings (SSSR count). The lowest BCUT2D eigenvalue weighted by molar-refractivity contribution is 0.0291. The van der Waals surface area contributed by atoms with Crippen molar-refractivity contribution < 1.29 is 10.4 Å². The molecule has 1 aliphatic carbocycles. The molecule has 1 aromatic rings. The summed E-state index contributed by atoms with van der Waals surface area (Å²) < 4.78 is 0. The molecule has 0 saturated heterocycles. The second-order valence-corrected chi connectivity index (χ2v) is 5.01. The Kier molecular flexibility index (Phi) is 4.02. The van der Waals surface area contributed by atoms with E-state index in [0.29, 0.717) is 11.6 Å². The molecule has 1 aromatic carbocycles. The Balaban J connectivity index is 1.99. The minimum atomic E-state index is 0.164. The van der Waals surface area contributed by atoms with Crippen molar-refractivity contribution in [1.82, 2.24) is 0 Å². The van der Waals surface area contributed by atoms with Crippen LogP contribution in [0.1, 0.15) is 50.5 Å². The van der Waals surface area contributed by atoms with Gasteiger partial charge < -0.3 is 0 Å². The molecule has 94 valence electrons. The van der Waals surface area contributed by atoms with Gasteiger partial charge in [0.25, 0.3) is 0 Å². The number of hydrogen-bond acceptors (Lipinski definition) is 3. The van der Waals surface area contributed by atoms with Gasteiger partial charge in [0, 0.05) is 0 Å². The highest BCUT2D eigenvalue weighted by atomic mass is 16.8. The molecule has 0 bridgehead atoms. The van der Waals surface area contributed by atoms with Gasteiger partial charge in [-0.1, -0.05) is 25.5 Å². The van der Waals surface area contributed by atoms with Crippen LogP contribution in [-0.4, -0.2) is 10.4 Å². The molecule has 0 heterocycles. The highest BCUT2D eigenvalue weighted by molar-refractivity contribution is 5.43. The summed E-state index contributed by atoms with van der Waals surface area (Å²) in [7, 11) is 0. The minimum absolute atomic E-state index is 0.164. The maximum atomic E-state index is 8.88. The molecule has 0 unspecified atom stereocenters. The zero-order valence-corrected chi connectivity index (χ0v) is 10.3. The van der Waals surface area contributed by atoms with Gasteiger partial charge in [-0.3, -0.25) is 10.4 Å². The zero-order valence-electron chi connectivity index (χ0n) is 10.3. The number of nitrogens with zero attached hydrogens (tertiary/aromatic N) is 1. The second kappa shape index (κ2) is 5.52. The molecule has 1 aliphatic rings. The maximum absolute atomic E-state index is 8.88. The first-order valence-electron chi connectivity index (χ1n) is 6.48. The lowest BCUT2D eigenvalue weighted by Gasteiger charge is -2.28. The molecule has 1 fully saturated rings. The van der Waals surface area contributed by atoms with Crippen molar-refractivity contribution in [2.45, 2.75) is 44.9 Å². The van der Waals surface area contributed by atoms with E-state index >= 15 is 0 Å². The summed E-state index contributed by atoms with van der Waals surface area (Å²) in [5.41, 5.74) is 1.74. The quantitative estimate of drug-likeness (QED) is 0.779. The van der Waals surface area contributed by atoms with Crippen molar-refractivity contribution in [3.8, 4) is 0 Å². The smallest absolute Gasteiger partial charge is 0.0942 e. The van der Waals surface area contributed by atoms with Crippen LogP contribution in [0.4, 0.5) is 5.69 Å². The lowest BCUT2D eigenvalue weighted by atomic mass is 9.78. The first kappa shape index (κ1) is 12.4. The van der Waals surface area contributed by atoms with Crippen LogP contribution in [0.15, 0.2) is 24.3 Å². The molecule has 3 nitrogen and oxygen atoms in total. The van der Waals surface area contributed by atoms with Crippen LogP contribution in [0.25, 0.3) is 0 Å². The van der Waals surface area contributed by atoms with E-state index in [1.807, 2.05) is 12.1 Å². The summed E-state index contributed by atoms with van der Waals surface area (Å²) in [6, 6.07) is 7.51. The van der Waals surface area contributed by atoms with Crippen molar-refractivity contribution >= 4 is 5.69 Å². The molecule has 0 aliphatic heterocycles. The fourth-order valence-electron chi connectivity index (χ4n) is 2.78. The van der Waals surface area contributed by atoms with Crippen LogP contribution in [-0.2, 0) is 0 Å². The number of anilines is 1. The first-order valence-corrected chi connectivity index (χ1v) is 6.48. The lowest BCUT2D eigenvalue weighted by Crippen LogP contribution is -2.13. The number of hydrogen-bond donors (Lipinski definition) is 2. The molecular formula is C14H21NO2. The summed E-state index contributed by atoms with van der Waals surface area (Å²) in [6.07, 6.45) is 6.49. The van der Waals surface area contributed by atoms with Gasteiger partial charge in [-0.2, -0.15) is 0 Å². The molecule has 0 aromatic heterocycles. The number of rotatable bonds is 3. The standard InChI is InChI=1S/C14H21NO2/c1-2-11-3-5-12(6-4-11)13-7-9-14(10-8-13)15(16)17/h7-12,16-17H,2-6H2,1H3. The normalized spacial score (nSPS) is 24.6. The van der Waals surface area contributed by atoms with Gasteiger partial charge in [0.05, 0.1) is 5.69 Å².